The van der Waals surface area contributed by atoms with Gasteiger partial charge >= 0.3 is 11.9 Å². The summed E-state index contributed by atoms with van der Waals surface area (Å²) in [7, 11) is 1.31. The van der Waals surface area contributed by atoms with Crippen LogP contribution in [0.4, 0.5) is 0 Å². The first-order valence-corrected chi connectivity index (χ1v) is 18.5. The number of methoxy groups -OCH3 is 1. The fourth-order valence-corrected chi connectivity index (χ4v) is 6.59. The molecule has 0 bridgehead atoms. The third-order valence-electron chi connectivity index (χ3n) is 9.43. The van der Waals surface area contributed by atoms with Gasteiger partial charge in [-0.2, -0.15) is 15.3 Å². The number of carboxylic acid groups (broad SMARTS) is 1. The van der Waals surface area contributed by atoms with Gasteiger partial charge in [0.1, 0.15) is 29.4 Å². The molecule has 10 rings (SSSR count). The van der Waals surface area contributed by atoms with Crippen LogP contribution in [-0.2, 0) is 17.9 Å². The topological polar surface area (TPSA) is 185 Å². The number of aliphatic hydroxyl groups is 1. The summed E-state index contributed by atoms with van der Waals surface area (Å²) in [6.45, 7) is 0.572. The number of aromatic carboxylic acids is 1. The summed E-state index contributed by atoms with van der Waals surface area (Å²) in [6.07, 6.45) is 0. The largest absolute Gasteiger partial charge is 0.478 e. The van der Waals surface area contributed by atoms with E-state index in [1.165, 1.54) is 12.7 Å². The van der Waals surface area contributed by atoms with Gasteiger partial charge in [0.05, 0.1) is 35.8 Å². The van der Waals surface area contributed by atoms with Gasteiger partial charge in [0.2, 0.25) is 5.76 Å². The number of esters is 1. The van der Waals surface area contributed by atoms with Crippen molar-refractivity contribution in [3.05, 3.63) is 174 Å². The van der Waals surface area contributed by atoms with Crippen molar-refractivity contribution in [3.8, 4) is 34.2 Å². The minimum Gasteiger partial charge on any atom is -0.478 e. The smallest absolute Gasteiger partial charge is 0.373 e. The first kappa shape index (κ1) is 37.9. The number of rotatable bonds is 8. The van der Waals surface area contributed by atoms with Gasteiger partial charge in [0.15, 0.2) is 11.5 Å². The number of furan rings is 2. The van der Waals surface area contributed by atoms with Gasteiger partial charge in [-0.3, -0.25) is 14.9 Å². The lowest BCUT2D eigenvalue weighted by Crippen LogP contribution is -2.01. The molecule has 292 valence electrons. The molecule has 0 amide bonds. The van der Waals surface area contributed by atoms with E-state index >= 15 is 0 Å². The van der Waals surface area contributed by atoms with Crippen LogP contribution in [0.2, 0.25) is 0 Å². The third kappa shape index (κ3) is 8.12. The van der Waals surface area contributed by atoms with Gasteiger partial charge in [-0.15, -0.1) is 0 Å². The second-order valence-electron chi connectivity index (χ2n) is 13.2. The van der Waals surface area contributed by atoms with Crippen molar-refractivity contribution in [2.45, 2.75) is 13.2 Å². The van der Waals surface area contributed by atoms with E-state index in [1.54, 1.807) is 36.4 Å². The number of benzene rings is 5. The molecule has 0 aliphatic heterocycles. The Morgan fingerprint density at radius 3 is 1.92 bits per heavy atom. The predicted molar refractivity (Wildman–Crippen MR) is 223 cm³/mol. The van der Waals surface area contributed by atoms with Gasteiger partial charge in [-0.1, -0.05) is 97.1 Å². The van der Waals surface area contributed by atoms with Crippen molar-refractivity contribution >= 4 is 44.6 Å². The van der Waals surface area contributed by atoms with Crippen molar-refractivity contribution in [2.75, 3.05) is 7.11 Å². The molecule has 0 fully saturated rings. The normalized spacial score (nSPS) is 10.9. The lowest BCUT2D eigenvalue weighted by Gasteiger charge is -2.03. The average Bonchev–Trinajstić information content (AvgIpc) is 4.14. The third-order valence-corrected chi connectivity index (χ3v) is 9.43. The maximum atomic E-state index is 11.3. The molecular formula is C46H36N6O7. The van der Waals surface area contributed by atoms with E-state index in [4.69, 9.17) is 19.0 Å². The number of fused-ring (bicyclic) bond motifs is 3. The van der Waals surface area contributed by atoms with Crippen molar-refractivity contribution < 1.29 is 33.4 Å². The summed E-state index contributed by atoms with van der Waals surface area (Å²) in [4.78, 5) is 22.6. The molecule has 0 saturated heterocycles. The van der Waals surface area contributed by atoms with E-state index in [0.29, 0.717) is 29.5 Å². The monoisotopic (exact) mass is 784 g/mol. The standard InChI is InChI=1S/C21H16N2O2.C13H10N2O3.C12H10N2O2/c24-21(25)17-10-6-9-16(13-17)20-18-11-4-5-12-19(18)23(22-20)14-15-7-2-1-3-8-15;1-17-13(16)11-7-6-10(18-11)12-8-4-2-3-5-9(8)14-15-12;15-7-8-5-6-11(16-8)12-9-3-1-2-4-10(9)13-14-12/h1-13H,14H2,(H,24,25);2-7H,1H3,(H,14,15);1-6,15H,7H2,(H,13,14). The fourth-order valence-electron chi connectivity index (χ4n) is 6.59. The molecule has 0 spiro atoms. The number of carbonyl (C=O) groups excluding carboxylic acids is 1. The predicted octanol–water partition coefficient (Wildman–Crippen LogP) is 9.37. The number of aromatic nitrogens is 6. The van der Waals surface area contributed by atoms with Gasteiger partial charge in [-0.05, 0) is 60.2 Å². The maximum Gasteiger partial charge on any atom is 0.373 e. The van der Waals surface area contributed by atoms with Gasteiger partial charge in [-0.25, -0.2) is 9.59 Å². The Kier molecular flexibility index (Phi) is 10.9. The molecule has 13 nitrogen and oxygen atoms in total. The highest BCUT2D eigenvalue weighted by Gasteiger charge is 2.17. The van der Waals surface area contributed by atoms with Crippen LogP contribution in [0, 0.1) is 0 Å². The fraction of sp³-hybridized carbons (Fsp3) is 0.0652. The van der Waals surface area contributed by atoms with Crippen LogP contribution < -0.4 is 0 Å². The molecule has 4 N–H and O–H groups in total. The van der Waals surface area contributed by atoms with E-state index in [-0.39, 0.29) is 17.9 Å². The van der Waals surface area contributed by atoms with Crippen molar-refractivity contribution in [3.63, 3.8) is 0 Å². The molecule has 0 unspecified atom stereocenters. The Bertz CT molecular complexity index is 3030. The number of carboxylic acids is 1. The first-order chi connectivity index (χ1) is 28.9. The minimum absolute atomic E-state index is 0.0949. The second-order valence-corrected chi connectivity index (χ2v) is 13.2. The summed E-state index contributed by atoms with van der Waals surface area (Å²) in [5.74, 6) is 0.479. The zero-order valence-corrected chi connectivity index (χ0v) is 31.6. The average molecular weight is 785 g/mol. The molecule has 5 heterocycles. The molecule has 0 aliphatic carbocycles. The molecule has 0 saturated carbocycles. The molecule has 0 aliphatic rings. The Morgan fingerprint density at radius 2 is 1.27 bits per heavy atom. The molecule has 59 heavy (non-hydrogen) atoms. The highest BCUT2D eigenvalue weighted by atomic mass is 16.5. The number of aliphatic hydroxyl groups excluding tert-OH is 1. The number of para-hydroxylation sites is 3. The molecule has 10 aromatic rings. The zero-order valence-electron chi connectivity index (χ0n) is 31.6. The molecule has 13 heteroatoms. The summed E-state index contributed by atoms with van der Waals surface area (Å²) in [5.41, 5.74) is 7.42. The van der Waals surface area contributed by atoms with Gasteiger partial charge in [0, 0.05) is 21.7 Å². The number of hydrogen-bond donors (Lipinski definition) is 4. The number of H-pyrrole nitrogens is 2. The number of hydrogen-bond acceptors (Lipinski definition) is 9. The number of carbonyl (C=O) groups is 2. The molecule has 5 aromatic heterocycles. The van der Waals surface area contributed by atoms with Crippen LogP contribution in [0.3, 0.4) is 0 Å². The lowest BCUT2D eigenvalue weighted by molar-refractivity contribution is 0.0565. The van der Waals surface area contributed by atoms with E-state index < -0.39 is 11.9 Å². The number of nitrogens with zero attached hydrogens (tertiary/aromatic N) is 4. The molecule has 0 radical (unpaired) electrons. The minimum atomic E-state index is -0.935. The number of ether oxygens (including phenoxy) is 1. The Hall–Kier alpha value is -8.03. The molecule has 5 aromatic carbocycles. The summed E-state index contributed by atoms with van der Waals surface area (Å²) in [6, 6.07) is 47.5. The Morgan fingerprint density at radius 1 is 0.661 bits per heavy atom. The highest BCUT2D eigenvalue weighted by molar-refractivity contribution is 5.96. The SMILES string of the molecule is COC(=O)c1ccc(-c2n[nH]c3ccccc23)o1.O=C(O)c1cccc(-c2nn(Cc3ccccc3)c3ccccc23)c1.OCc1ccc(-c2n[nH]c3ccccc23)o1. The Balaban J connectivity index is 0.000000127. The van der Waals surface area contributed by atoms with E-state index in [2.05, 4.69) is 37.3 Å². The molecule has 0 atom stereocenters. The van der Waals surface area contributed by atoms with Gasteiger partial charge < -0.3 is 23.8 Å². The van der Waals surface area contributed by atoms with Crippen molar-refractivity contribution in [1.29, 1.82) is 0 Å². The van der Waals surface area contributed by atoms with E-state index in [1.807, 2.05) is 108 Å². The van der Waals surface area contributed by atoms with Crippen LogP contribution in [0.15, 0.2) is 160 Å². The quantitative estimate of drug-likeness (QED) is 0.108. The number of aromatic amines is 2. The van der Waals surface area contributed by atoms with Crippen molar-refractivity contribution in [2.24, 2.45) is 0 Å². The number of nitrogens with one attached hydrogen (secondary N) is 2. The van der Waals surface area contributed by atoms with Crippen LogP contribution in [-0.4, -0.2) is 59.4 Å². The Labute approximate surface area is 336 Å². The summed E-state index contributed by atoms with van der Waals surface area (Å²) >= 11 is 0. The van der Waals surface area contributed by atoms with Crippen LogP contribution >= 0.6 is 0 Å². The maximum absolute atomic E-state index is 11.3. The van der Waals surface area contributed by atoms with Crippen molar-refractivity contribution in [1.82, 2.24) is 30.2 Å². The van der Waals surface area contributed by atoms with Crippen LogP contribution in [0.5, 0.6) is 0 Å². The highest BCUT2D eigenvalue weighted by Crippen LogP contribution is 2.31. The first-order valence-electron chi connectivity index (χ1n) is 18.5. The van der Waals surface area contributed by atoms with Crippen LogP contribution in [0.25, 0.3) is 66.9 Å². The summed E-state index contributed by atoms with van der Waals surface area (Å²) < 4.78 is 17.4. The summed E-state index contributed by atoms with van der Waals surface area (Å²) in [5, 5.41) is 40.2. The zero-order chi connectivity index (χ0) is 40.7. The molecular weight excluding hydrogens is 749 g/mol. The van der Waals surface area contributed by atoms with E-state index in [0.717, 1.165) is 49.7 Å². The lowest BCUT2D eigenvalue weighted by atomic mass is 10.1. The second kappa shape index (κ2) is 17.0. The van der Waals surface area contributed by atoms with E-state index in [9.17, 15) is 14.7 Å². The van der Waals surface area contributed by atoms with Gasteiger partial charge in [0.25, 0.3) is 0 Å². The van der Waals surface area contributed by atoms with Crippen LogP contribution in [0.1, 0.15) is 32.2 Å².